The molecule has 10 heteroatoms. The average molecular weight is 552 g/mol. The zero-order chi connectivity index (χ0) is 27.8. The van der Waals surface area contributed by atoms with E-state index in [4.69, 9.17) is 9.84 Å². The Morgan fingerprint density at radius 2 is 1.51 bits per heavy atom. The van der Waals surface area contributed by atoms with E-state index in [2.05, 4.69) is 17.0 Å². The summed E-state index contributed by atoms with van der Waals surface area (Å²) in [7, 11) is -2.45. The van der Waals surface area contributed by atoms with Gasteiger partial charge in [0.1, 0.15) is 5.75 Å². The molecule has 0 radical (unpaired) electrons. The second-order valence-corrected chi connectivity index (χ2v) is 11.5. The largest absolute Gasteiger partial charge is 0.481 e. The van der Waals surface area contributed by atoms with Gasteiger partial charge in [0.2, 0.25) is 10.0 Å². The van der Waals surface area contributed by atoms with Gasteiger partial charge in [-0.05, 0) is 35.7 Å². The van der Waals surface area contributed by atoms with Crippen molar-refractivity contribution in [1.29, 1.82) is 0 Å². The number of carbonyl (C=O) groups is 2. The van der Waals surface area contributed by atoms with Crippen molar-refractivity contribution >= 4 is 21.9 Å². The average Bonchev–Trinajstić information content (AvgIpc) is 2.95. The summed E-state index contributed by atoms with van der Waals surface area (Å²) in [6.07, 6.45) is 0.915. The van der Waals surface area contributed by atoms with Crippen molar-refractivity contribution in [2.75, 3.05) is 46.4 Å². The maximum atomic E-state index is 13.6. The highest BCUT2D eigenvalue weighted by Crippen LogP contribution is 2.27. The number of benzene rings is 3. The van der Waals surface area contributed by atoms with Crippen molar-refractivity contribution in [2.24, 2.45) is 0 Å². The topological polar surface area (TPSA) is 107 Å². The van der Waals surface area contributed by atoms with Gasteiger partial charge in [0.05, 0.1) is 10.5 Å². The van der Waals surface area contributed by atoms with Crippen LogP contribution in [-0.2, 0) is 27.8 Å². The van der Waals surface area contributed by atoms with Crippen LogP contribution in [0, 0.1) is 0 Å². The fraction of sp³-hybridized carbons (Fsp3) is 0.310. The Balaban J connectivity index is 1.49. The zero-order valence-electron chi connectivity index (χ0n) is 21.9. The maximum absolute atomic E-state index is 13.6. The molecule has 1 saturated heterocycles. The Kier molecular flexibility index (Phi) is 9.34. The lowest BCUT2D eigenvalue weighted by atomic mass is 10.1. The molecule has 0 aliphatic carbocycles. The third-order valence-electron chi connectivity index (χ3n) is 6.71. The van der Waals surface area contributed by atoms with Crippen molar-refractivity contribution < 1.29 is 27.9 Å². The van der Waals surface area contributed by atoms with Gasteiger partial charge in [0.15, 0.2) is 6.61 Å². The molecule has 1 aliphatic heterocycles. The Hall–Kier alpha value is -3.73. The van der Waals surface area contributed by atoms with Crippen LogP contribution in [0.25, 0.3) is 0 Å². The lowest BCUT2D eigenvalue weighted by Crippen LogP contribution is -2.49. The summed E-state index contributed by atoms with van der Waals surface area (Å²) in [5, 5.41) is 9.08. The first-order valence-corrected chi connectivity index (χ1v) is 14.2. The summed E-state index contributed by atoms with van der Waals surface area (Å²) < 4.78 is 33.3. The molecule has 39 heavy (non-hydrogen) atoms. The van der Waals surface area contributed by atoms with Crippen molar-refractivity contribution in [3.05, 3.63) is 95.6 Å². The standard InChI is InChI=1S/C29H33N3O6S/c1-30(21-24-10-6-3-7-11-24)39(36,37)25-12-13-27(38-22-28(33)34)26(20-25)29(35)32-18-16-31(17-19-32)15-14-23-8-4-2-5-9-23/h2-13,20H,14-19,21-22H2,1H3,(H,33,34). The highest BCUT2D eigenvalue weighted by molar-refractivity contribution is 7.89. The number of carbonyl (C=O) groups excluding carboxylic acids is 1. The van der Waals surface area contributed by atoms with Gasteiger partial charge < -0.3 is 14.7 Å². The number of carboxylic acids is 1. The Morgan fingerprint density at radius 3 is 2.13 bits per heavy atom. The summed E-state index contributed by atoms with van der Waals surface area (Å²) in [5.41, 5.74) is 2.11. The minimum Gasteiger partial charge on any atom is -0.481 e. The van der Waals surface area contributed by atoms with Crippen LogP contribution >= 0.6 is 0 Å². The monoisotopic (exact) mass is 551 g/mol. The first kappa shape index (κ1) is 28.3. The van der Waals surface area contributed by atoms with Gasteiger partial charge >= 0.3 is 5.97 Å². The summed E-state index contributed by atoms with van der Waals surface area (Å²) in [6.45, 7) is 2.69. The molecule has 0 saturated carbocycles. The number of amides is 1. The van der Waals surface area contributed by atoms with Crippen LogP contribution < -0.4 is 4.74 Å². The predicted octanol–water partition coefficient (Wildman–Crippen LogP) is 2.97. The van der Waals surface area contributed by atoms with E-state index in [0.29, 0.717) is 26.2 Å². The molecule has 1 aliphatic rings. The predicted molar refractivity (Wildman–Crippen MR) is 147 cm³/mol. The van der Waals surface area contributed by atoms with Crippen LogP contribution in [0.3, 0.4) is 0 Å². The van der Waals surface area contributed by atoms with Gasteiger partial charge in [0.25, 0.3) is 5.91 Å². The molecule has 1 heterocycles. The second kappa shape index (κ2) is 12.9. The number of rotatable bonds is 11. The van der Waals surface area contributed by atoms with Crippen LogP contribution in [0.1, 0.15) is 21.5 Å². The SMILES string of the molecule is CN(Cc1ccccc1)S(=O)(=O)c1ccc(OCC(=O)O)c(C(=O)N2CCN(CCc3ccccc3)CC2)c1. The van der Waals surface area contributed by atoms with Gasteiger partial charge in [-0.25, -0.2) is 13.2 Å². The quantitative estimate of drug-likeness (QED) is 0.390. The summed E-state index contributed by atoms with van der Waals surface area (Å²) >= 11 is 0. The lowest BCUT2D eigenvalue weighted by Gasteiger charge is -2.35. The van der Waals surface area contributed by atoms with Crippen LogP contribution in [0.4, 0.5) is 0 Å². The van der Waals surface area contributed by atoms with Crippen molar-refractivity contribution in [3.63, 3.8) is 0 Å². The molecule has 0 bridgehead atoms. The Morgan fingerprint density at radius 1 is 0.897 bits per heavy atom. The van der Waals surface area contributed by atoms with E-state index in [0.717, 1.165) is 18.5 Å². The zero-order valence-corrected chi connectivity index (χ0v) is 22.7. The molecule has 3 aromatic carbocycles. The number of aliphatic carboxylic acids is 1. The van der Waals surface area contributed by atoms with Crippen molar-refractivity contribution in [3.8, 4) is 5.75 Å². The van der Waals surface area contributed by atoms with E-state index >= 15 is 0 Å². The summed E-state index contributed by atoms with van der Waals surface area (Å²) in [5.74, 6) is -1.54. The van der Waals surface area contributed by atoms with E-state index in [1.54, 1.807) is 4.90 Å². The molecule has 4 rings (SSSR count). The van der Waals surface area contributed by atoms with Crippen molar-refractivity contribution in [2.45, 2.75) is 17.9 Å². The molecule has 1 fully saturated rings. The van der Waals surface area contributed by atoms with E-state index in [9.17, 15) is 18.0 Å². The molecule has 0 unspecified atom stereocenters. The molecule has 1 amide bonds. The number of hydrogen-bond acceptors (Lipinski definition) is 6. The molecule has 3 aromatic rings. The van der Waals surface area contributed by atoms with Crippen LogP contribution in [0.2, 0.25) is 0 Å². The molecule has 0 atom stereocenters. The van der Waals surface area contributed by atoms with Gasteiger partial charge in [-0.1, -0.05) is 60.7 Å². The molecule has 206 valence electrons. The van der Waals surface area contributed by atoms with Crippen molar-refractivity contribution in [1.82, 2.24) is 14.1 Å². The molecular weight excluding hydrogens is 518 g/mol. The van der Waals surface area contributed by atoms with Crippen LogP contribution in [0.15, 0.2) is 83.8 Å². The second-order valence-electron chi connectivity index (χ2n) is 9.46. The van der Waals surface area contributed by atoms with Crippen LogP contribution in [0.5, 0.6) is 5.75 Å². The van der Waals surface area contributed by atoms with E-state index in [1.165, 1.54) is 35.1 Å². The third kappa shape index (κ3) is 7.44. The molecule has 1 N–H and O–H groups in total. The van der Waals surface area contributed by atoms with Gasteiger partial charge in [0, 0.05) is 46.3 Å². The number of carboxylic acid groups (broad SMARTS) is 1. The minimum absolute atomic E-state index is 0.0307. The van der Waals surface area contributed by atoms with E-state index in [1.807, 2.05) is 48.5 Å². The fourth-order valence-electron chi connectivity index (χ4n) is 4.48. The minimum atomic E-state index is -3.93. The Bertz CT molecular complexity index is 1370. The number of sulfonamides is 1. The molecule has 9 nitrogen and oxygen atoms in total. The number of piperazine rings is 1. The summed E-state index contributed by atoms with van der Waals surface area (Å²) in [4.78, 5) is 28.6. The first-order valence-electron chi connectivity index (χ1n) is 12.8. The normalized spacial score (nSPS) is 14.4. The van der Waals surface area contributed by atoms with Gasteiger partial charge in [-0.15, -0.1) is 0 Å². The molecule has 0 aromatic heterocycles. The molecular formula is C29H33N3O6S. The van der Waals surface area contributed by atoms with E-state index in [-0.39, 0.29) is 28.7 Å². The third-order valence-corrected chi connectivity index (χ3v) is 8.51. The number of ether oxygens (including phenoxy) is 1. The lowest BCUT2D eigenvalue weighted by molar-refractivity contribution is -0.139. The van der Waals surface area contributed by atoms with Crippen LogP contribution in [-0.4, -0.2) is 85.9 Å². The van der Waals surface area contributed by atoms with Gasteiger partial charge in [-0.2, -0.15) is 4.31 Å². The highest BCUT2D eigenvalue weighted by Gasteiger charge is 2.28. The Labute approximate surface area is 229 Å². The number of hydrogen-bond donors (Lipinski definition) is 1. The smallest absolute Gasteiger partial charge is 0.341 e. The molecule has 0 spiro atoms. The van der Waals surface area contributed by atoms with Gasteiger partial charge in [-0.3, -0.25) is 9.69 Å². The summed E-state index contributed by atoms with van der Waals surface area (Å²) in [6, 6.07) is 23.4. The highest BCUT2D eigenvalue weighted by atomic mass is 32.2. The first-order chi connectivity index (χ1) is 18.7. The van der Waals surface area contributed by atoms with E-state index < -0.39 is 22.6 Å². The number of nitrogens with zero attached hydrogens (tertiary/aromatic N) is 3. The maximum Gasteiger partial charge on any atom is 0.341 e. The fourth-order valence-corrected chi connectivity index (χ4v) is 5.67.